The molecule has 7 nitrogen and oxygen atoms in total. The number of aromatic nitrogens is 2. The van der Waals surface area contributed by atoms with E-state index in [0.717, 1.165) is 0 Å². The van der Waals surface area contributed by atoms with E-state index in [1.165, 1.54) is 19.5 Å². The molecule has 0 aliphatic carbocycles. The van der Waals surface area contributed by atoms with Crippen molar-refractivity contribution in [1.29, 1.82) is 0 Å². The summed E-state index contributed by atoms with van der Waals surface area (Å²) in [6.07, 6.45) is 2.59. The van der Waals surface area contributed by atoms with Gasteiger partial charge in [-0.3, -0.25) is 4.79 Å². The van der Waals surface area contributed by atoms with Gasteiger partial charge in [0.1, 0.15) is 11.4 Å². The van der Waals surface area contributed by atoms with Crippen molar-refractivity contribution in [3.63, 3.8) is 0 Å². The first-order valence-electron chi connectivity index (χ1n) is 4.85. The molecule has 0 saturated heterocycles. The number of methoxy groups -OCH3 is 1. The molecule has 0 unspecified atom stereocenters. The second-order valence-electron chi connectivity index (χ2n) is 3.89. The van der Waals surface area contributed by atoms with Gasteiger partial charge in [0.2, 0.25) is 5.91 Å². The molecular formula is C10H14N4O3. The van der Waals surface area contributed by atoms with Gasteiger partial charge in [-0.1, -0.05) is 0 Å². The zero-order chi connectivity index (χ0) is 13.1. The molecule has 0 atom stereocenters. The molecule has 0 radical (unpaired) electrons. The van der Waals surface area contributed by atoms with Crippen LogP contribution >= 0.6 is 0 Å². The number of nitrogens with zero attached hydrogens (tertiary/aromatic N) is 2. The number of ether oxygens (including phenoxy) is 1. The summed E-state index contributed by atoms with van der Waals surface area (Å²) in [6.45, 7) is 3.23. The lowest BCUT2D eigenvalue weighted by Gasteiger charge is -2.22. The Hall–Kier alpha value is -2.18. The Morgan fingerprint density at radius 2 is 2.00 bits per heavy atom. The molecule has 92 valence electrons. The number of carbonyl (C=O) groups excluding carboxylic acids is 2. The molecule has 1 amide bonds. The highest BCUT2D eigenvalue weighted by Crippen LogP contribution is 2.11. The molecule has 1 aromatic heterocycles. The van der Waals surface area contributed by atoms with Gasteiger partial charge in [-0.15, -0.1) is 0 Å². The van der Waals surface area contributed by atoms with E-state index in [9.17, 15) is 9.59 Å². The topological polar surface area (TPSA) is 107 Å². The van der Waals surface area contributed by atoms with Crippen LogP contribution < -0.4 is 11.1 Å². The number of nitrogens with two attached hydrogens (primary N) is 1. The van der Waals surface area contributed by atoms with E-state index in [0.29, 0.717) is 5.82 Å². The third-order valence-electron chi connectivity index (χ3n) is 2.10. The molecule has 0 spiro atoms. The Bertz CT molecular complexity index is 428. The molecule has 17 heavy (non-hydrogen) atoms. The maximum absolute atomic E-state index is 11.1. The molecule has 1 heterocycles. The Balaban J connectivity index is 2.82. The van der Waals surface area contributed by atoms with Crippen molar-refractivity contribution in [2.24, 2.45) is 5.73 Å². The summed E-state index contributed by atoms with van der Waals surface area (Å²) in [5.74, 6) is -0.740. The fourth-order valence-electron chi connectivity index (χ4n) is 0.984. The van der Waals surface area contributed by atoms with Crippen molar-refractivity contribution in [2.75, 3.05) is 12.4 Å². The Kier molecular flexibility index (Phi) is 3.62. The van der Waals surface area contributed by atoms with E-state index in [4.69, 9.17) is 5.73 Å². The van der Waals surface area contributed by atoms with Gasteiger partial charge in [-0.05, 0) is 13.8 Å². The summed E-state index contributed by atoms with van der Waals surface area (Å²) in [5, 5.41) is 2.80. The molecule has 0 aromatic carbocycles. The summed E-state index contributed by atoms with van der Waals surface area (Å²) in [6, 6.07) is 0. The normalized spacial score (nSPS) is 10.8. The number of hydrogen-bond acceptors (Lipinski definition) is 6. The predicted molar refractivity (Wildman–Crippen MR) is 60.3 cm³/mol. The molecule has 0 bridgehead atoms. The molecule has 7 heteroatoms. The van der Waals surface area contributed by atoms with Crippen molar-refractivity contribution in [2.45, 2.75) is 19.4 Å². The van der Waals surface area contributed by atoms with Gasteiger partial charge in [-0.2, -0.15) is 0 Å². The van der Waals surface area contributed by atoms with Gasteiger partial charge < -0.3 is 15.8 Å². The van der Waals surface area contributed by atoms with Crippen LogP contribution in [0.5, 0.6) is 0 Å². The number of primary amides is 1. The number of nitrogens with one attached hydrogen (secondary N) is 1. The maximum Gasteiger partial charge on any atom is 0.358 e. The summed E-state index contributed by atoms with van der Waals surface area (Å²) >= 11 is 0. The summed E-state index contributed by atoms with van der Waals surface area (Å²) in [4.78, 5) is 30.0. The second kappa shape index (κ2) is 4.77. The summed E-state index contributed by atoms with van der Waals surface area (Å²) < 4.78 is 4.48. The van der Waals surface area contributed by atoms with Crippen LogP contribution in [0.4, 0.5) is 5.82 Å². The van der Waals surface area contributed by atoms with Crippen molar-refractivity contribution in [3.05, 3.63) is 18.1 Å². The minimum atomic E-state index is -0.943. The van der Waals surface area contributed by atoms with E-state index in [2.05, 4.69) is 20.0 Å². The van der Waals surface area contributed by atoms with E-state index in [1.54, 1.807) is 13.8 Å². The van der Waals surface area contributed by atoms with Gasteiger partial charge in [0.25, 0.3) is 0 Å². The first-order chi connectivity index (χ1) is 7.86. The van der Waals surface area contributed by atoms with Gasteiger partial charge in [0, 0.05) is 0 Å². The van der Waals surface area contributed by atoms with Crippen LogP contribution in [0.2, 0.25) is 0 Å². The van der Waals surface area contributed by atoms with E-state index >= 15 is 0 Å². The maximum atomic E-state index is 11.1. The lowest BCUT2D eigenvalue weighted by Crippen LogP contribution is -2.45. The first kappa shape index (κ1) is 12.9. The van der Waals surface area contributed by atoms with Crippen LogP contribution in [-0.4, -0.2) is 34.5 Å². The lowest BCUT2D eigenvalue weighted by atomic mass is 10.1. The standard InChI is InChI=1S/C10H14N4O3/c1-10(2,9(11)16)14-7-5-12-6(4-13-7)8(15)17-3/h4-5H,1-3H3,(H2,11,16)(H,13,14). The fourth-order valence-corrected chi connectivity index (χ4v) is 0.984. The largest absolute Gasteiger partial charge is 0.464 e. The number of rotatable bonds is 4. The lowest BCUT2D eigenvalue weighted by molar-refractivity contribution is -0.121. The third-order valence-corrected chi connectivity index (χ3v) is 2.10. The Morgan fingerprint density at radius 3 is 2.41 bits per heavy atom. The van der Waals surface area contributed by atoms with Crippen molar-refractivity contribution < 1.29 is 14.3 Å². The average molecular weight is 238 g/mol. The monoisotopic (exact) mass is 238 g/mol. The summed E-state index contributed by atoms with van der Waals surface area (Å²) in [5.41, 5.74) is 4.34. The molecule has 0 aliphatic heterocycles. The number of amides is 1. The quantitative estimate of drug-likeness (QED) is 0.711. The van der Waals surface area contributed by atoms with Gasteiger partial charge >= 0.3 is 5.97 Å². The molecule has 1 aromatic rings. The number of anilines is 1. The Labute approximate surface area is 98.4 Å². The first-order valence-corrected chi connectivity index (χ1v) is 4.85. The molecule has 3 N–H and O–H groups in total. The van der Waals surface area contributed by atoms with Gasteiger partial charge in [0.15, 0.2) is 5.69 Å². The van der Waals surface area contributed by atoms with Crippen LogP contribution in [-0.2, 0) is 9.53 Å². The number of carbonyl (C=O) groups is 2. The average Bonchev–Trinajstić information content (AvgIpc) is 2.28. The number of hydrogen-bond donors (Lipinski definition) is 2. The van der Waals surface area contributed by atoms with Gasteiger partial charge in [-0.25, -0.2) is 14.8 Å². The van der Waals surface area contributed by atoms with Crippen molar-refractivity contribution >= 4 is 17.7 Å². The smallest absolute Gasteiger partial charge is 0.358 e. The van der Waals surface area contributed by atoms with Crippen molar-refractivity contribution in [3.8, 4) is 0 Å². The van der Waals surface area contributed by atoms with Crippen LogP contribution in [0.25, 0.3) is 0 Å². The van der Waals surface area contributed by atoms with Crippen LogP contribution in [0.3, 0.4) is 0 Å². The highest BCUT2D eigenvalue weighted by Gasteiger charge is 2.25. The predicted octanol–water partition coefficient (Wildman–Crippen LogP) is -0.0610. The molecule has 0 saturated carbocycles. The van der Waals surface area contributed by atoms with E-state index in [1.807, 2.05) is 0 Å². The second-order valence-corrected chi connectivity index (χ2v) is 3.89. The molecule has 1 rings (SSSR count). The minimum Gasteiger partial charge on any atom is -0.464 e. The molecular weight excluding hydrogens is 224 g/mol. The molecule has 0 fully saturated rings. The molecule has 0 aliphatic rings. The van der Waals surface area contributed by atoms with E-state index < -0.39 is 17.4 Å². The highest BCUT2D eigenvalue weighted by molar-refractivity contribution is 5.87. The van der Waals surface area contributed by atoms with E-state index in [-0.39, 0.29) is 5.69 Å². The van der Waals surface area contributed by atoms with Crippen molar-refractivity contribution in [1.82, 2.24) is 9.97 Å². The third kappa shape index (κ3) is 3.13. The zero-order valence-electron chi connectivity index (χ0n) is 9.85. The van der Waals surface area contributed by atoms with Gasteiger partial charge in [0.05, 0.1) is 19.5 Å². The van der Waals surface area contributed by atoms with Crippen LogP contribution in [0.15, 0.2) is 12.4 Å². The number of esters is 1. The zero-order valence-corrected chi connectivity index (χ0v) is 9.85. The van der Waals surface area contributed by atoms with Crippen LogP contribution in [0.1, 0.15) is 24.3 Å². The fraction of sp³-hybridized carbons (Fsp3) is 0.400. The van der Waals surface area contributed by atoms with Crippen LogP contribution in [0, 0.1) is 0 Å². The SMILES string of the molecule is COC(=O)c1cnc(NC(C)(C)C(N)=O)cn1. The Morgan fingerprint density at radius 1 is 1.35 bits per heavy atom. The summed E-state index contributed by atoms with van der Waals surface area (Å²) in [7, 11) is 1.26. The highest BCUT2D eigenvalue weighted by atomic mass is 16.5. The minimum absolute atomic E-state index is 0.0925.